The number of carbonyl (C=O) groups excluding carboxylic acids is 1. The van der Waals surface area contributed by atoms with Gasteiger partial charge in [-0.2, -0.15) is 4.31 Å². The van der Waals surface area contributed by atoms with Gasteiger partial charge in [0.15, 0.2) is 0 Å². The molecule has 0 radical (unpaired) electrons. The van der Waals surface area contributed by atoms with E-state index in [0.29, 0.717) is 38.2 Å². The van der Waals surface area contributed by atoms with Crippen molar-refractivity contribution >= 4 is 21.7 Å². The molecular formula is C16H23N3O3S. The van der Waals surface area contributed by atoms with Crippen molar-refractivity contribution in [2.45, 2.75) is 26.3 Å². The zero-order valence-electron chi connectivity index (χ0n) is 13.3. The van der Waals surface area contributed by atoms with Gasteiger partial charge in [-0.05, 0) is 36.1 Å². The predicted octanol–water partition coefficient (Wildman–Crippen LogP) is 2.09. The first-order valence-electron chi connectivity index (χ1n) is 7.71. The van der Waals surface area contributed by atoms with E-state index in [1.54, 1.807) is 6.08 Å². The number of nitrogens with zero attached hydrogens (tertiary/aromatic N) is 1. The average molecular weight is 337 g/mol. The van der Waals surface area contributed by atoms with Crippen LogP contribution in [0, 0.1) is 0 Å². The summed E-state index contributed by atoms with van der Waals surface area (Å²) in [5, 5.41) is 5.38. The summed E-state index contributed by atoms with van der Waals surface area (Å²) in [6, 6.07) is 5.32. The Hall–Kier alpha value is -1.86. The second-order valence-corrected chi connectivity index (χ2v) is 7.60. The van der Waals surface area contributed by atoms with Crippen LogP contribution in [-0.4, -0.2) is 37.6 Å². The number of fused-ring (bicyclic) bond motifs is 1. The summed E-state index contributed by atoms with van der Waals surface area (Å²) in [6.07, 6.45) is 2.90. The number of hydrogen-bond acceptors (Lipinski definition) is 3. The molecule has 2 amide bonds. The van der Waals surface area contributed by atoms with Crippen molar-refractivity contribution in [2.75, 3.05) is 24.2 Å². The van der Waals surface area contributed by atoms with Crippen LogP contribution in [0.2, 0.25) is 0 Å². The molecule has 0 aliphatic carbocycles. The third kappa shape index (κ3) is 4.56. The van der Waals surface area contributed by atoms with Gasteiger partial charge in [-0.3, -0.25) is 0 Å². The van der Waals surface area contributed by atoms with E-state index in [2.05, 4.69) is 17.2 Å². The summed E-state index contributed by atoms with van der Waals surface area (Å²) >= 11 is 0. The van der Waals surface area contributed by atoms with Crippen molar-refractivity contribution in [2.24, 2.45) is 0 Å². The molecule has 1 aliphatic heterocycles. The summed E-state index contributed by atoms with van der Waals surface area (Å²) in [5.74, 6) is 0.171. The quantitative estimate of drug-likeness (QED) is 0.780. The normalized spacial score (nSPS) is 14.8. The lowest BCUT2D eigenvalue weighted by molar-refractivity contribution is 0.253. The second kappa shape index (κ2) is 7.61. The van der Waals surface area contributed by atoms with Gasteiger partial charge in [0.2, 0.25) is 10.0 Å². The van der Waals surface area contributed by atoms with E-state index in [9.17, 15) is 13.2 Å². The minimum atomic E-state index is -3.20. The number of anilines is 1. The van der Waals surface area contributed by atoms with Crippen molar-refractivity contribution < 1.29 is 13.2 Å². The largest absolute Gasteiger partial charge is 0.334 e. The van der Waals surface area contributed by atoms with Crippen molar-refractivity contribution in [1.29, 1.82) is 0 Å². The Labute approximate surface area is 137 Å². The van der Waals surface area contributed by atoms with Crippen LogP contribution in [0.3, 0.4) is 0 Å². The lowest BCUT2D eigenvalue weighted by atomic mass is 10.0. The Morgan fingerprint density at radius 2 is 2.17 bits per heavy atom. The maximum absolute atomic E-state index is 12.2. The monoisotopic (exact) mass is 337 g/mol. The molecule has 2 rings (SSSR count). The van der Waals surface area contributed by atoms with Crippen LogP contribution in [0.5, 0.6) is 0 Å². The zero-order valence-corrected chi connectivity index (χ0v) is 14.2. The van der Waals surface area contributed by atoms with Crippen LogP contribution in [0.25, 0.3) is 0 Å². The molecule has 1 aromatic carbocycles. The molecule has 0 spiro atoms. The van der Waals surface area contributed by atoms with Crippen molar-refractivity contribution in [3.05, 3.63) is 42.0 Å². The highest BCUT2D eigenvalue weighted by molar-refractivity contribution is 7.89. The number of hydrogen-bond donors (Lipinski definition) is 2. The summed E-state index contributed by atoms with van der Waals surface area (Å²) in [6.45, 7) is 6.67. The van der Waals surface area contributed by atoms with E-state index < -0.39 is 10.0 Å². The fourth-order valence-electron chi connectivity index (χ4n) is 2.57. The Morgan fingerprint density at radius 1 is 1.39 bits per heavy atom. The highest BCUT2D eigenvalue weighted by Crippen LogP contribution is 2.24. The predicted molar refractivity (Wildman–Crippen MR) is 91.9 cm³/mol. The first kappa shape index (κ1) is 17.5. The van der Waals surface area contributed by atoms with Gasteiger partial charge in [-0.1, -0.05) is 19.1 Å². The molecule has 2 N–H and O–H groups in total. The van der Waals surface area contributed by atoms with E-state index >= 15 is 0 Å². The van der Waals surface area contributed by atoms with Crippen LogP contribution >= 0.6 is 0 Å². The standard InChI is InChI=1S/C16H23N3O3S/c1-3-8-17-16(20)18-15-6-5-13-7-9-19(12-14(13)11-15)23(21,22)10-4-2/h3,5-6,11H,1,4,7-10,12H2,2H3,(H2,17,18,20). The number of sulfonamides is 1. The molecular weight excluding hydrogens is 314 g/mol. The topological polar surface area (TPSA) is 78.5 Å². The summed E-state index contributed by atoms with van der Waals surface area (Å²) in [4.78, 5) is 11.7. The molecule has 0 saturated carbocycles. The van der Waals surface area contributed by atoms with Gasteiger partial charge in [-0.25, -0.2) is 13.2 Å². The fraction of sp³-hybridized carbons (Fsp3) is 0.438. The number of nitrogens with one attached hydrogen (secondary N) is 2. The molecule has 0 unspecified atom stereocenters. The molecule has 1 heterocycles. The molecule has 1 aromatic rings. The van der Waals surface area contributed by atoms with E-state index in [0.717, 1.165) is 11.1 Å². The van der Waals surface area contributed by atoms with E-state index in [1.807, 2.05) is 25.1 Å². The molecule has 1 aliphatic rings. The van der Waals surface area contributed by atoms with Gasteiger partial charge in [-0.15, -0.1) is 6.58 Å². The number of rotatable bonds is 6. The molecule has 0 aromatic heterocycles. The molecule has 6 nitrogen and oxygen atoms in total. The fourth-order valence-corrected chi connectivity index (χ4v) is 4.05. The van der Waals surface area contributed by atoms with Gasteiger partial charge in [0.05, 0.1) is 5.75 Å². The maximum Gasteiger partial charge on any atom is 0.319 e. The van der Waals surface area contributed by atoms with Gasteiger partial charge in [0.1, 0.15) is 0 Å². The minimum Gasteiger partial charge on any atom is -0.334 e. The van der Waals surface area contributed by atoms with Crippen LogP contribution in [0.15, 0.2) is 30.9 Å². The van der Waals surface area contributed by atoms with Gasteiger partial charge in [0, 0.05) is 25.3 Å². The van der Waals surface area contributed by atoms with E-state index in [4.69, 9.17) is 0 Å². The van der Waals surface area contributed by atoms with Crippen molar-refractivity contribution in [3.63, 3.8) is 0 Å². The third-order valence-electron chi connectivity index (χ3n) is 3.70. The molecule has 0 fully saturated rings. The highest BCUT2D eigenvalue weighted by atomic mass is 32.2. The molecule has 0 saturated heterocycles. The lowest BCUT2D eigenvalue weighted by Gasteiger charge is -2.28. The zero-order chi connectivity index (χ0) is 16.9. The average Bonchev–Trinajstić information content (AvgIpc) is 2.52. The summed E-state index contributed by atoms with van der Waals surface area (Å²) < 4.78 is 26.0. The minimum absolute atomic E-state index is 0.171. The second-order valence-electron chi connectivity index (χ2n) is 5.51. The van der Waals surface area contributed by atoms with Crippen LogP contribution in [-0.2, 0) is 23.0 Å². The third-order valence-corrected chi connectivity index (χ3v) is 5.73. The Kier molecular flexibility index (Phi) is 5.79. The Morgan fingerprint density at radius 3 is 2.87 bits per heavy atom. The number of benzene rings is 1. The highest BCUT2D eigenvalue weighted by Gasteiger charge is 2.26. The van der Waals surface area contributed by atoms with Gasteiger partial charge >= 0.3 is 6.03 Å². The first-order valence-corrected chi connectivity index (χ1v) is 9.32. The first-order chi connectivity index (χ1) is 11.0. The SMILES string of the molecule is C=CCNC(=O)Nc1ccc2c(c1)CN(S(=O)(=O)CCC)CC2. The van der Waals surface area contributed by atoms with E-state index in [1.165, 1.54) is 4.31 Å². The smallest absolute Gasteiger partial charge is 0.319 e. The van der Waals surface area contributed by atoms with Crippen LogP contribution in [0.1, 0.15) is 24.5 Å². The number of carbonyl (C=O) groups is 1. The molecule has 7 heteroatoms. The van der Waals surface area contributed by atoms with Crippen LogP contribution < -0.4 is 10.6 Å². The summed E-state index contributed by atoms with van der Waals surface area (Å²) in [7, 11) is -3.20. The Balaban J connectivity index is 2.11. The molecule has 0 bridgehead atoms. The Bertz CT molecular complexity index is 686. The maximum atomic E-state index is 12.2. The van der Waals surface area contributed by atoms with Crippen LogP contribution in [0.4, 0.5) is 10.5 Å². The molecule has 126 valence electrons. The van der Waals surface area contributed by atoms with Gasteiger partial charge in [0.25, 0.3) is 0 Å². The lowest BCUT2D eigenvalue weighted by Crippen LogP contribution is -2.37. The number of urea groups is 1. The summed E-state index contributed by atoms with van der Waals surface area (Å²) in [5.41, 5.74) is 2.72. The van der Waals surface area contributed by atoms with Crippen molar-refractivity contribution in [1.82, 2.24) is 9.62 Å². The van der Waals surface area contributed by atoms with Crippen molar-refractivity contribution in [3.8, 4) is 0 Å². The molecule has 23 heavy (non-hydrogen) atoms. The van der Waals surface area contributed by atoms with Gasteiger partial charge < -0.3 is 10.6 Å². The van der Waals surface area contributed by atoms with E-state index in [-0.39, 0.29) is 11.8 Å². The number of amides is 2. The molecule has 0 atom stereocenters.